The third-order valence-electron chi connectivity index (χ3n) is 20.4. The lowest BCUT2D eigenvalue weighted by Gasteiger charge is -2.37. The minimum Gasteiger partial charge on any atom is -0.442 e. The molecule has 5 heterocycles. The van der Waals surface area contributed by atoms with E-state index in [4.69, 9.17) is 9.52 Å². The number of hydrogen-bond acceptors (Lipinski definition) is 17. The molecule has 3 atom stereocenters. The number of anilines is 6. The molecular formula is C82H100F3N13O7S3. The van der Waals surface area contributed by atoms with E-state index in [2.05, 4.69) is 74.9 Å². The van der Waals surface area contributed by atoms with Crippen molar-refractivity contribution in [2.24, 2.45) is 10.3 Å². The van der Waals surface area contributed by atoms with E-state index in [1.165, 1.54) is 48.1 Å². The van der Waals surface area contributed by atoms with Gasteiger partial charge < -0.3 is 49.7 Å². The van der Waals surface area contributed by atoms with E-state index in [1.807, 2.05) is 92.9 Å². The number of nitrogens with zero attached hydrogens (tertiary/aromatic N) is 10. The Balaban J connectivity index is 0.000000180. The summed E-state index contributed by atoms with van der Waals surface area (Å²) >= 11 is 0. The summed E-state index contributed by atoms with van der Waals surface area (Å²) in [6, 6.07) is 42.4. The molecule has 3 N–H and O–H groups in total. The SMILES string of the molecule is C=S(C)(=O)c1c(F)cccc1N1CCN(C(=O)c2cc(NC3CCN(c4ccccc4C#N)CC3)c(C)cc2C)CC1.CC(C)(C)OC(=O)N=[S@](C)(=O)c1c(F)cccc1N1CCNCC1.Cc1cc(C)c(C(=O)N2CCN(c3cccc(F)c3[S@](C)(=N)=O)CC2)cc1CC1CCN(c2ccccc2C#N)CC1. The van der Waals surface area contributed by atoms with Crippen molar-refractivity contribution in [2.45, 2.75) is 107 Å². The molecule has 0 radical (unpaired) electrons. The molecule has 0 spiro atoms. The number of halogens is 3. The van der Waals surface area contributed by atoms with Gasteiger partial charge in [-0.3, -0.25) is 13.8 Å². The minimum absolute atomic E-state index is 0.00410. The fraction of sp³-hybridized carbons (Fsp3) is 0.415. The molecule has 0 bridgehead atoms. The topological polar surface area (TPSA) is 242 Å². The first-order valence-corrected chi connectivity index (χ1v) is 42.6. The first-order chi connectivity index (χ1) is 51.2. The van der Waals surface area contributed by atoms with Crippen molar-refractivity contribution in [2.75, 3.05) is 153 Å². The lowest BCUT2D eigenvalue weighted by molar-refractivity contribution is 0.0606. The van der Waals surface area contributed by atoms with Crippen LogP contribution in [0.15, 0.2) is 146 Å². The van der Waals surface area contributed by atoms with Crippen LogP contribution in [-0.2, 0) is 40.1 Å². The van der Waals surface area contributed by atoms with E-state index >= 15 is 0 Å². The number of nitriles is 2. The predicted molar refractivity (Wildman–Crippen MR) is 428 cm³/mol. The first-order valence-electron chi connectivity index (χ1n) is 36.6. The predicted octanol–water partition coefficient (Wildman–Crippen LogP) is 13.5. The van der Waals surface area contributed by atoms with Gasteiger partial charge in [0.05, 0.1) is 63.9 Å². The maximum Gasteiger partial charge on any atom is 0.442 e. The second kappa shape index (κ2) is 34.7. The van der Waals surface area contributed by atoms with E-state index < -0.39 is 58.1 Å². The van der Waals surface area contributed by atoms with Gasteiger partial charge in [0, 0.05) is 146 Å². The molecule has 5 aliphatic rings. The fourth-order valence-corrected chi connectivity index (χ4v) is 18.5. The van der Waals surface area contributed by atoms with Crippen LogP contribution in [0.5, 0.6) is 0 Å². The second-order valence-corrected chi connectivity index (χ2v) is 36.4. The van der Waals surface area contributed by atoms with Crippen LogP contribution in [0.4, 0.5) is 52.1 Å². The Hall–Kier alpha value is -9.60. The highest BCUT2D eigenvalue weighted by Gasteiger charge is 2.33. The number of carbonyl (C=O) groups is 3. The largest absolute Gasteiger partial charge is 0.442 e. The zero-order valence-electron chi connectivity index (χ0n) is 63.5. The summed E-state index contributed by atoms with van der Waals surface area (Å²) in [5.41, 5.74) is 12.0. The molecule has 0 saturated carbocycles. The van der Waals surface area contributed by atoms with Crippen LogP contribution in [0.3, 0.4) is 0 Å². The maximum absolute atomic E-state index is 14.6. The summed E-state index contributed by atoms with van der Waals surface area (Å²) in [6.45, 7) is 23.4. The molecule has 7 aromatic carbocycles. The van der Waals surface area contributed by atoms with Gasteiger partial charge in [0.1, 0.15) is 45.0 Å². The summed E-state index contributed by atoms with van der Waals surface area (Å²) in [6.07, 6.45) is 7.84. The van der Waals surface area contributed by atoms with Crippen molar-refractivity contribution in [1.82, 2.24) is 15.1 Å². The Bertz CT molecular complexity index is 4690. The molecule has 0 aromatic heterocycles. The summed E-state index contributed by atoms with van der Waals surface area (Å²) in [4.78, 5) is 53.5. The van der Waals surface area contributed by atoms with Gasteiger partial charge in [0.2, 0.25) is 0 Å². The molecule has 26 heteroatoms. The van der Waals surface area contributed by atoms with E-state index in [1.54, 1.807) is 57.2 Å². The standard InChI is InChI=1S/2C33H38FN5O2S.C16H24FN3O3S/c1-23-20-24(2)29(36-26-12-14-37(15-13-26)30-10-6-5-8-25(30)22-35)21-27(23)33(40)39-18-16-38(17-19-39)31-11-7-9-28(34)32(31)42(3,4)41;1-23-19-24(2)28(21-27(23)20-25-11-13-37(14-12-25)30-9-5-4-7-26(30)22-35)33(40)39-17-15-38(16-18-39)31-10-6-8-29(34)32(31)42(3,36)41;1-16(2,3)23-15(21)19-24(4,22)14-12(17)6-5-7-13(14)20-10-8-18-9-11-20/h5-11,20-21,26,36H,3,12-19H2,1-2,4H3;4-10,19,21,25,36H,11-18,20H2,1-3H3;5-7,18H,8-11H2,1-4H3/t;42-;24-/m.11/s1. The van der Waals surface area contributed by atoms with Gasteiger partial charge >= 0.3 is 6.09 Å². The molecule has 20 nitrogen and oxygen atoms in total. The number of ether oxygens (including phenoxy) is 1. The number of aryl methyl sites for hydroxylation is 4. The number of piperazine rings is 3. The molecule has 574 valence electrons. The molecule has 7 aromatic rings. The van der Waals surface area contributed by atoms with Gasteiger partial charge in [-0.25, -0.2) is 31.2 Å². The lowest BCUT2D eigenvalue weighted by Crippen LogP contribution is -2.49. The summed E-state index contributed by atoms with van der Waals surface area (Å²) < 4.78 is 98.6. The van der Waals surface area contributed by atoms with E-state index in [-0.39, 0.29) is 32.5 Å². The van der Waals surface area contributed by atoms with Gasteiger partial charge in [-0.05, 0) is 202 Å². The zero-order chi connectivity index (χ0) is 78.0. The summed E-state index contributed by atoms with van der Waals surface area (Å²) in [5, 5.41) is 25.9. The Morgan fingerprint density at radius 2 is 0.954 bits per heavy atom. The molecule has 12 rings (SSSR count). The van der Waals surface area contributed by atoms with Crippen molar-refractivity contribution < 1.29 is 44.9 Å². The van der Waals surface area contributed by atoms with Crippen molar-refractivity contribution >= 4 is 86.9 Å². The van der Waals surface area contributed by atoms with E-state index in [0.717, 1.165) is 111 Å². The Morgan fingerprint density at radius 1 is 0.546 bits per heavy atom. The first kappa shape index (κ1) is 80.9. The molecule has 5 saturated heterocycles. The highest BCUT2D eigenvalue weighted by atomic mass is 32.2. The number of benzene rings is 7. The molecule has 5 aliphatic heterocycles. The van der Waals surface area contributed by atoms with Crippen molar-refractivity contribution in [3.8, 4) is 12.1 Å². The normalized spacial score (nSPS) is 17.6. The molecule has 3 amide bonds. The number of amides is 3. The zero-order valence-corrected chi connectivity index (χ0v) is 66.0. The van der Waals surface area contributed by atoms with Crippen LogP contribution >= 0.6 is 0 Å². The summed E-state index contributed by atoms with van der Waals surface area (Å²) in [7, 11) is -9.28. The third kappa shape index (κ3) is 19.8. The van der Waals surface area contributed by atoms with Gasteiger partial charge in [-0.2, -0.15) is 10.5 Å². The number of para-hydroxylation sites is 2. The van der Waals surface area contributed by atoms with Crippen LogP contribution in [0, 0.1) is 78.5 Å². The number of rotatable bonds is 14. The molecule has 1 unspecified atom stereocenters. The van der Waals surface area contributed by atoms with Crippen LogP contribution in [-0.4, -0.2) is 181 Å². The van der Waals surface area contributed by atoms with Gasteiger partial charge in [0.15, 0.2) is 0 Å². The molecular weight excluding hydrogens is 1430 g/mol. The average molecular weight is 1530 g/mol. The maximum atomic E-state index is 14.6. The quantitative estimate of drug-likeness (QED) is 0.0857. The fourth-order valence-electron chi connectivity index (χ4n) is 14.9. The Labute approximate surface area is 636 Å². The number of carbonyl (C=O) groups excluding carboxylic acids is 3. The number of piperidine rings is 2. The van der Waals surface area contributed by atoms with Crippen LogP contribution in [0.25, 0.3) is 0 Å². The van der Waals surface area contributed by atoms with Crippen molar-refractivity contribution in [1.29, 1.82) is 15.3 Å². The van der Waals surface area contributed by atoms with Crippen LogP contribution < -0.4 is 35.1 Å². The Kier molecular flexibility index (Phi) is 26.0. The van der Waals surface area contributed by atoms with Crippen molar-refractivity contribution in [3.05, 3.63) is 195 Å². The van der Waals surface area contributed by atoms with Gasteiger partial charge in [0.25, 0.3) is 11.8 Å². The average Bonchev–Trinajstić information content (AvgIpc) is 0.792. The third-order valence-corrected chi connectivity index (χ3v) is 24.5. The Morgan fingerprint density at radius 3 is 1.43 bits per heavy atom. The van der Waals surface area contributed by atoms with Gasteiger partial charge in [-0.1, -0.05) is 54.6 Å². The number of nitrogens with one attached hydrogen (secondary N) is 3. The van der Waals surface area contributed by atoms with E-state index in [9.17, 15) is 50.7 Å². The second-order valence-electron chi connectivity index (χ2n) is 29.7. The van der Waals surface area contributed by atoms with E-state index in [0.29, 0.717) is 105 Å². The smallest absolute Gasteiger partial charge is 0.442 e. The van der Waals surface area contributed by atoms with Crippen LogP contribution in [0.1, 0.15) is 106 Å². The summed E-state index contributed by atoms with van der Waals surface area (Å²) in [5.74, 6) is 2.42. The highest BCUT2D eigenvalue weighted by Crippen LogP contribution is 2.36. The monoisotopic (exact) mass is 1530 g/mol. The molecule has 108 heavy (non-hydrogen) atoms. The number of hydrogen-bond donors (Lipinski definition) is 3. The lowest BCUT2D eigenvalue weighted by atomic mass is 9.86. The molecule has 0 aliphatic carbocycles. The van der Waals surface area contributed by atoms with Gasteiger partial charge in [-0.15, -0.1) is 4.36 Å². The molecule has 5 fully saturated rings. The van der Waals surface area contributed by atoms with Crippen LogP contribution in [0.2, 0.25) is 0 Å². The highest BCUT2D eigenvalue weighted by molar-refractivity contribution is 7.99. The minimum atomic E-state index is -3.28. The van der Waals surface area contributed by atoms with Crippen molar-refractivity contribution in [3.63, 3.8) is 0 Å².